The molecule has 4 heteroatoms. The minimum absolute atomic E-state index is 0.237. The van der Waals surface area contributed by atoms with Crippen LogP contribution in [0.4, 0.5) is 0 Å². The highest BCUT2D eigenvalue weighted by Crippen LogP contribution is 2.49. The number of thioether (sulfide) groups is 1. The van der Waals surface area contributed by atoms with Gasteiger partial charge >= 0.3 is 0 Å². The smallest absolute Gasteiger partial charge is 0.220 e. The molecule has 104 valence electrons. The largest absolute Gasteiger partial charge is 0.355 e. The number of hydrogen-bond donors (Lipinski definition) is 2. The van der Waals surface area contributed by atoms with Crippen LogP contribution in [0.3, 0.4) is 0 Å². The van der Waals surface area contributed by atoms with Gasteiger partial charge in [-0.3, -0.25) is 4.79 Å². The summed E-state index contributed by atoms with van der Waals surface area (Å²) in [4.78, 5) is 12.0. The highest BCUT2D eigenvalue weighted by molar-refractivity contribution is 8.00. The fourth-order valence-corrected chi connectivity index (χ4v) is 4.22. The molecule has 2 saturated carbocycles. The standard InChI is InChI=1S/C14H25NOS2/c1-18-14(5-3-2-4-6-14)10-15-12(16)9-13(11-17)7-8-13/h17H,2-11H2,1H3,(H,15,16). The molecule has 2 fully saturated rings. The molecule has 0 aromatic carbocycles. The van der Waals surface area contributed by atoms with Crippen molar-refractivity contribution in [1.29, 1.82) is 0 Å². The molecule has 1 amide bonds. The quantitative estimate of drug-likeness (QED) is 0.734. The molecule has 0 heterocycles. The Morgan fingerprint density at radius 3 is 2.39 bits per heavy atom. The molecule has 0 aromatic heterocycles. The van der Waals surface area contributed by atoms with Crippen LogP contribution in [0.5, 0.6) is 0 Å². The van der Waals surface area contributed by atoms with E-state index in [1.165, 1.54) is 44.9 Å². The molecule has 2 rings (SSSR count). The third-order valence-electron chi connectivity index (χ3n) is 4.63. The van der Waals surface area contributed by atoms with Crippen LogP contribution < -0.4 is 5.32 Å². The summed E-state index contributed by atoms with van der Waals surface area (Å²) in [7, 11) is 0. The fourth-order valence-electron chi connectivity index (χ4n) is 2.88. The lowest BCUT2D eigenvalue weighted by atomic mass is 9.88. The Morgan fingerprint density at radius 2 is 1.89 bits per heavy atom. The first-order chi connectivity index (χ1) is 8.64. The van der Waals surface area contributed by atoms with Gasteiger partial charge in [-0.25, -0.2) is 0 Å². The molecule has 1 N–H and O–H groups in total. The van der Waals surface area contributed by atoms with E-state index in [1.807, 2.05) is 11.8 Å². The van der Waals surface area contributed by atoms with E-state index >= 15 is 0 Å². The van der Waals surface area contributed by atoms with Crippen molar-refractivity contribution in [3.05, 3.63) is 0 Å². The van der Waals surface area contributed by atoms with Gasteiger partial charge in [0, 0.05) is 17.7 Å². The van der Waals surface area contributed by atoms with Crippen molar-refractivity contribution in [2.24, 2.45) is 5.41 Å². The molecule has 0 saturated heterocycles. The van der Waals surface area contributed by atoms with Crippen molar-refractivity contribution in [2.75, 3.05) is 18.6 Å². The van der Waals surface area contributed by atoms with E-state index in [9.17, 15) is 4.79 Å². The lowest BCUT2D eigenvalue weighted by molar-refractivity contribution is -0.122. The lowest BCUT2D eigenvalue weighted by Crippen LogP contribution is -2.42. The highest BCUT2D eigenvalue weighted by Gasteiger charge is 2.43. The van der Waals surface area contributed by atoms with Gasteiger partial charge in [-0.1, -0.05) is 19.3 Å². The van der Waals surface area contributed by atoms with Crippen LogP contribution in [-0.4, -0.2) is 29.2 Å². The van der Waals surface area contributed by atoms with E-state index in [4.69, 9.17) is 0 Å². The van der Waals surface area contributed by atoms with Crippen molar-refractivity contribution < 1.29 is 4.79 Å². The molecule has 0 unspecified atom stereocenters. The molecule has 18 heavy (non-hydrogen) atoms. The van der Waals surface area contributed by atoms with Gasteiger partial charge in [-0.2, -0.15) is 24.4 Å². The number of amides is 1. The summed E-state index contributed by atoms with van der Waals surface area (Å²) in [6, 6.07) is 0. The Hall–Kier alpha value is 0.170. The molecule has 2 aliphatic carbocycles. The molecule has 0 aromatic rings. The summed E-state index contributed by atoms with van der Waals surface area (Å²) in [5, 5.41) is 3.18. The average Bonchev–Trinajstić information content (AvgIpc) is 3.18. The number of carbonyl (C=O) groups is 1. The Balaban J connectivity index is 1.77. The zero-order chi connectivity index (χ0) is 13.1. The summed E-state index contributed by atoms with van der Waals surface area (Å²) in [5.74, 6) is 1.09. The molecule has 0 bridgehead atoms. The first kappa shape index (κ1) is 14.6. The van der Waals surface area contributed by atoms with Gasteiger partial charge in [0.25, 0.3) is 0 Å². The predicted octanol–water partition coefficient (Wildman–Crippen LogP) is 3.27. The van der Waals surface area contributed by atoms with Crippen LogP contribution in [0, 0.1) is 5.41 Å². The van der Waals surface area contributed by atoms with Gasteiger partial charge in [-0.15, -0.1) is 0 Å². The topological polar surface area (TPSA) is 29.1 Å². The van der Waals surface area contributed by atoms with Crippen LogP contribution in [0.25, 0.3) is 0 Å². The Kier molecular flexibility index (Phi) is 4.92. The third kappa shape index (κ3) is 3.60. The van der Waals surface area contributed by atoms with Gasteiger partial charge < -0.3 is 5.32 Å². The first-order valence-corrected chi connectivity index (χ1v) is 8.92. The summed E-state index contributed by atoms with van der Waals surface area (Å²) in [6.45, 7) is 0.857. The summed E-state index contributed by atoms with van der Waals surface area (Å²) >= 11 is 6.30. The van der Waals surface area contributed by atoms with Gasteiger partial charge in [0.2, 0.25) is 5.91 Å². The number of hydrogen-bond acceptors (Lipinski definition) is 3. The maximum atomic E-state index is 12.0. The van der Waals surface area contributed by atoms with E-state index in [2.05, 4.69) is 24.2 Å². The van der Waals surface area contributed by atoms with E-state index < -0.39 is 0 Å². The van der Waals surface area contributed by atoms with E-state index in [0.29, 0.717) is 11.2 Å². The number of rotatable bonds is 6. The lowest BCUT2D eigenvalue weighted by Gasteiger charge is -2.36. The van der Waals surface area contributed by atoms with Crippen LogP contribution in [-0.2, 0) is 4.79 Å². The van der Waals surface area contributed by atoms with Crippen LogP contribution >= 0.6 is 24.4 Å². The van der Waals surface area contributed by atoms with Crippen molar-refractivity contribution in [1.82, 2.24) is 5.32 Å². The SMILES string of the molecule is CSC1(CNC(=O)CC2(CS)CC2)CCCCC1. The van der Waals surface area contributed by atoms with Gasteiger partial charge in [0.15, 0.2) is 0 Å². The van der Waals surface area contributed by atoms with Gasteiger partial charge in [0.1, 0.15) is 0 Å². The van der Waals surface area contributed by atoms with E-state index in [-0.39, 0.29) is 11.3 Å². The molecule has 2 aliphatic rings. The van der Waals surface area contributed by atoms with E-state index in [0.717, 1.165) is 12.3 Å². The van der Waals surface area contributed by atoms with Crippen molar-refractivity contribution >= 4 is 30.3 Å². The van der Waals surface area contributed by atoms with Gasteiger partial charge in [0.05, 0.1) is 0 Å². The minimum atomic E-state index is 0.237. The highest BCUT2D eigenvalue weighted by atomic mass is 32.2. The minimum Gasteiger partial charge on any atom is -0.355 e. The fraction of sp³-hybridized carbons (Fsp3) is 0.929. The maximum Gasteiger partial charge on any atom is 0.220 e. The van der Waals surface area contributed by atoms with Gasteiger partial charge in [-0.05, 0) is 43.1 Å². The third-order valence-corrected chi connectivity index (χ3v) is 6.72. The summed E-state index contributed by atoms with van der Waals surface area (Å²) < 4.78 is 0.311. The average molecular weight is 287 g/mol. The predicted molar refractivity (Wildman–Crippen MR) is 82.5 cm³/mol. The molecule has 0 atom stereocenters. The maximum absolute atomic E-state index is 12.0. The molecule has 0 radical (unpaired) electrons. The van der Waals surface area contributed by atoms with E-state index in [1.54, 1.807) is 0 Å². The number of thiol groups is 1. The Labute approximate surface area is 120 Å². The summed E-state index contributed by atoms with van der Waals surface area (Å²) in [6.07, 6.45) is 11.7. The van der Waals surface area contributed by atoms with Crippen LogP contribution in [0.2, 0.25) is 0 Å². The Bertz CT molecular complexity index is 296. The molecule has 0 aliphatic heterocycles. The molecular weight excluding hydrogens is 262 g/mol. The normalized spacial score (nSPS) is 24.6. The zero-order valence-electron chi connectivity index (χ0n) is 11.3. The van der Waals surface area contributed by atoms with Crippen molar-refractivity contribution in [3.8, 4) is 0 Å². The number of carbonyl (C=O) groups excluding carboxylic acids is 1. The zero-order valence-corrected chi connectivity index (χ0v) is 13.0. The first-order valence-electron chi connectivity index (χ1n) is 7.06. The van der Waals surface area contributed by atoms with Crippen LogP contribution in [0.1, 0.15) is 51.4 Å². The molecule has 0 spiro atoms. The van der Waals surface area contributed by atoms with Crippen molar-refractivity contribution in [3.63, 3.8) is 0 Å². The molecule has 2 nitrogen and oxygen atoms in total. The molecular formula is C14H25NOS2. The monoisotopic (exact) mass is 287 g/mol. The van der Waals surface area contributed by atoms with Crippen LogP contribution in [0.15, 0.2) is 0 Å². The number of nitrogens with one attached hydrogen (secondary N) is 1. The van der Waals surface area contributed by atoms with Crippen molar-refractivity contribution in [2.45, 2.75) is 56.1 Å². The second kappa shape index (κ2) is 6.08. The Morgan fingerprint density at radius 1 is 1.22 bits per heavy atom. The second-order valence-corrected chi connectivity index (χ2v) is 7.65. The second-order valence-electron chi connectivity index (χ2n) is 6.06. The summed E-state index contributed by atoms with van der Waals surface area (Å²) in [5.41, 5.74) is 0.242.